The average molecular weight is 323 g/mol. The summed E-state index contributed by atoms with van der Waals surface area (Å²) < 4.78 is 13.9. The van der Waals surface area contributed by atoms with Gasteiger partial charge in [-0.15, -0.1) is 11.8 Å². The minimum Gasteiger partial charge on any atom is -0.321 e. The Morgan fingerprint density at radius 2 is 2.24 bits per heavy atom. The highest BCUT2D eigenvalue weighted by Gasteiger charge is 2.33. The van der Waals surface area contributed by atoms with Gasteiger partial charge in [0.2, 0.25) is 5.91 Å². The van der Waals surface area contributed by atoms with Gasteiger partial charge >= 0.3 is 0 Å². The molecular weight excluding hydrogens is 311 g/mol. The van der Waals surface area contributed by atoms with E-state index in [1.807, 2.05) is 12.1 Å². The van der Waals surface area contributed by atoms with Crippen molar-refractivity contribution < 1.29 is 9.18 Å². The van der Waals surface area contributed by atoms with Gasteiger partial charge in [0, 0.05) is 28.5 Å². The van der Waals surface area contributed by atoms with Crippen molar-refractivity contribution in [1.82, 2.24) is 9.88 Å². The number of benzene rings is 1. The zero-order chi connectivity index (χ0) is 14.8. The van der Waals surface area contributed by atoms with Gasteiger partial charge in [-0.25, -0.2) is 4.39 Å². The van der Waals surface area contributed by atoms with Crippen LogP contribution in [0, 0.1) is 5.82 Å². The van der Waals surface area contributed by atoms with Crippen molar-refractivity contribution in [3.63, 3.8) is 0 Å². The molecule has 1 aliphatic rings. The molecule has 0 spiro atoms. The minimum absolute atomic E-state index is 0.0202. The van der Waals surface area contributed by atoms with Gasteiger partial charge in [0.15, 0.2) is 0 Å². The average Bonchev–Trinajstić information content (AvgIpc) is 2.85. The molecule has 1 saturated heterocycles. The van der Waals surface area contributed by atoms with E-state index in [4.69, 9.17) is 11.6 Å². The van der Waals surface area contributed by atoms with E-state index >= 15 is 0 Å². The first-order valence-electron chi connectivity index (χ1n) is 6.40. The lowest BCUT2D eigenvalue weighted by atomic mass is 10.1. The molecule has 0 N–H and O–H groups in total. The highest BCUT2D eigenvalue weighted by atomic mass is 35.5. The third-order valence-corrected chi connectivity index (χ3v) is 4.94. The summed E-state index contributed by atoms with van der Waals surface area (Å²) in [5.74, 6) is -0.0312. The molecule has 1 fully saturated rings. The van der Waals surface area contributed by atoms with Crippen LogP contribution in [-0.4, -0.2) is 21.5 Å². The van der Waals surface area contributed by atoms with Crippen molar-refractivity contribution in [1.29, 1.82) is 0 Å². The number of thioether (sulfide) groups is 1. The van der Waals surface area contributed by atoms with Gasteiger partial charge in [0.1, 0.15) is 11.2 Å². The van der Waals surface area contributed by atoms with Gasteiger partial charge in [-0.05, 0) is 18.2 Å². The highest BCUT2D eigenvalue weighted by molar-refractivity contribution is 8.00. The first kappa shape index (κ1) is 14.4. The standard InChI is InChI=1S/C15H12ClFN2OS/c16-12-4-1-5-13(17)11(12)8-19-14(20)9-21-15(19)10-3-2-6-18-7-10/h1-7,15H,8-9H2/t15-/m0/s1. The van der Waals surface area contributed by atoms with Gasteiger partial charge < -0.3 is 4.90 Å². The normalized spacial score (nSPS) is 18.3. The van der Waals surface area contributed by atoms with Crippen LogP contribution in [0.3, 0.4) is 0 Å². The minimum atomic E-state index is -0.392. The molecule has 1 aliphatic heterocycles. The van der Waals surface area contributed by atoms with Gasteiger partial charge in [-0.1, -0.05) is 23.7 Å². The van der Waals surface area contributed by atoms with E-state index in [1.54, 1.807) is 29.4 Å². The summed E-state index contributed by atoms with van der Waals surface area (Å²) >= 11 is 7.57. The van der Waals surface area contributed by atoms with Crippen LogP contribution in [0.5, 0.6) is 0 Å². The Kier molecular flexibility index (Phi) is 4.12. The Morgan fingerprint density at radius 1 is 1.38 bits per heavy atom. The maximum absolute atomic E-state index is 13.9. The quantitative estimate of drug-likeness (QED) is 0.865. The molecular formula is C15H12ClFN2OS. The number of hydrogen-bond acceptors (Lipinski definition) is 3. The lowest BCUT2D eigenvalue weighted by molar-refractivity contribution is -0.128. The number of carbonyl (C=O) groups excluding carboxylic acids is 1. The van der Waals surface area contributed by atoms with Crippen molar-refractivity contribution in [2.24, 2.45) is 0 Å². The Hall–Kier alpha value is -1.59. The zero-order valence-electron chi connectivity index (χ0n) is 11.0. The highest BCUT2D eigenvalue weighted by Crippen LogP contribution is 2.40. The topological polar surface area (TPSA) is 33.2 Å². The molecule has 0 bridgehead atoms. The Labute approximate surface area is 131 Å². The van der Waals surface area contributed by atoms with E-state index < -0.39 is 5.82 Å². The summed E-state index contributed by atoms with van der Waals surface area (Å²) in [6.07, 6.45) is 3.41. The predicted octanol–water partition coefficient (Wildman–Crippen LogP) is 3.65. The van der Waals surface area contributed by atoms with Crippen LogP contribution >= 0.6 is 23.4 Å². The number of nitrogens with zero attached hydrogens (tertiary/aromatic N) is 2. The number of pyridine rings is 1. The molecule has 0 unspecified atom stereocenters. The summed E-state index contributed by atoms with van der Waals surface area (Å²) in [4.78, 5) is 17.8. The third kappa shape index (κ3) is 2.89. The van der Waals surface area contributed by atoms with Gasteiger partial charge in [0.05, 0.1) is 12.3 Å². The number of amides is 1. The molecule has 0 saturated carbocycles. The second kappa shape index (κ2) is 6.03. The van der Waals surface area contributed by atoms with Gasteiger partial charge in [0.25, 0.3) is 0 Å². The number of carbonyl (C=O) groups is 1. The zero-order valence-corrected chi connectivity index (χ0v) is 12.6. The van der Waals surface area contributed by atoms with Crippen LogP contribution in [0.2, 0.25) is 5.02 Å². The number of rotatable bonds is 3. The molecule has 1 aromatic heterocycles. The molecule has 1 amide bonds. The molecule has 2 aromatic rings. The predicted molar refractivity (Wildman–Crippen MR) is 81.4 cm³/mol. The fraction of sp³-hybridized carbons (Fsp3) is 0.200. The largest absolute Gasteiger partial charge is 0.321 e. The monoisotopic (exact) mass is 322 g/mol. The lowest BCUT2D eigenvalue weighted by Crippen LogP contribution is -2.28. The molecule has 2 heterocycles. The molecule has 1 atom stereocenters. The van der Waals surface area contributed by atoms with Crippen molar-refractivity contribution in [2.45, 2.75) is 11.9 Å². The first-order chi connectivity index (χ1) is 10.2. The van der Waals surface area contributed by atoms with Crippen LogP contribution in [-0.2, 0) is 11.3 Å². The second-order valence-corrected chi connectivity index (χ2v) is 6.15. The van der Waals surface area contributed by atoms with Gasteiger partial charge in [-0.2, -0.15) is 0 Å². The molecule has 0 radical (unpaired) electrons. The summed E-state index contributed by atoms with van der Waals surface area (Å²) in [6.45, 7) is 0.164. The lowest BCUT2D eigenvalue weighted by Gasteiger charge is -2.24. The van der Waals surface area contributed by atoms with E-state index in [0.717, 1.165) is 5.56 Å². The molecule has 6 heteroatoms. The first-order valence-corrected chi connectivity index (χ1v) is 7.83. The van der Waals surface area contributed by atoms with Crippen molar-refractivity contribution in [3.05, 3.63) is 64.7 Å². The van der Waals surface area contributed by atoms with Crippen LogP contribution in [0.4, 0.5) is 4.39 Å². The maximum Gasteiger partial charge on any atom is 0.234 e. The Balaban J connectivity index is 1.90. The number of aromatic nitrogens is 1. The molecule has 108 valence electrons. The Morgan fingerprint density at radius 3 is 2.95 bits per heavy atom. The van der Waals surface area contributed by atoms with Crippen LogP contribution in [0.1, 0.15) is 16.5 Å². The van der Waals surface area contributed by atoms with Crippen molar-refractivity contribution in [2.75, 3.05) is 5.75 Å². The van der Waals surface area contributed by atoms with Gasteiger partial charge in [-0.3, -0.25) is 9.78 Å². The second-order valence-electron chi connectivity index (χ2n) is 4.67. The Bertz CT molecular complexity index is 648. The maximum atomic E-state index is 13.9. The number of hydrogen-bond donors (Lipinski definition) is 0. The summed E-state index contributed by atoms with van der Waals surface area (Å²) in [6, 6.07) is 8.28. The molecule has 21 heavy (non-hydrogen) atoms. The summed E-state index contributed by atoms with van der Waals surface area (Å²) in [5.41, 5.74) is 1.28. The molecule has 3 nitrogen and oxygen atoms in total. The van der Waals surface area contributed by atoms with Crippen LogP contribution in [0.25, 0.3) is 0 Å². The van der Waals surface area contributed by atoms with E-state index in [9.17, 15) is 9.18 Å². The van der Waals surface area contributed by atoms with E-state index in [-0.39, 0.29) is 17.8 Å². The van der Waals surface area contributed by atoms with E-state index in [1.165, 1.54) is 17.8 Å². The smallest absolute Gasteiger partial charge is 0.234 e. The van der Waals surface area contributed by atoms with Crippen LogP contribution < -0.4 is 0 Å². The van der Waals surface area contributed by atoms with Crippen LogP contribution in [0.15, 0.2) is 42.7 Å². The fourth-order valence-corrected chi connectivity index (χ4v) is 3.67. The van der Waals surface area contributed by atoms with Crippen molar-refractivity contribution in [3.8, 4) is 0 Å². The number of halogens is 2. The van der Waals surface area contributed by atoms with E-state index in [0.29, 0.717) is 16.3 Å². The molecule has 0 aliphatic carbocycles. The molecule has 1 aromatic carbocycles. The SMILES string of the molecule is O=C1CS[C@@H](c2cccnc2)N1Cc1c(F)cccc1Cl. The third-order valence-electron chi connectivity index (χ3n) is 3.33. The fourth-order valence-electron chi connectivity index (χ4n) is 2.28. The van der Waals surface area contributed by atoms with E-state index in [2.05, 4.69) is 4.98 Å². The summed E-state index contributed by atoms with van der Waals surface area (Å²) in [5, 5.41) is 0.187. The molecule has 3 rings (SSSR count). The van der Waals surface area contributed by atoms with Crippen molar-refractivity contribution >= 4 is 29.3 Å². The summed E-state index contributed by atoms with van der Waals surface area (Å²) in [7, 11) is 0.